The molecule has 0 atom stereocenters. The van der Waals surface area contributed by atoms with Gasteiger partial charge in [-0.15, -0.1) is 0 Å². The summed E-state index contributed by atoms with van der Waals surface area (Å²) in [5.74, 6) is 0. The van der Waals surface area contributed by atoms with Crippen LogP contribution in [-0.4, -0.2) is 11.6 Å². The second-order valence-electron chi connectivity index (χ2n) is 4.67. The van der Waals surface area contributed by atoms with E-state index in [-0.39, 0.29) is 0 Å². The van der Waals surface area contributed by atoms with Crippen molar-refractivity contribution in [2.24, 2.45) is 0 Å². The zero-order chi connectivity index (χ0) is 13.2. The summed E-state index contributed by atoms with van der Waals surface area (Å²) >= 11 is 0. The number of benzene rings is 1. The number of hydrogen-bond acceptors (Lipinski definition) is 2. The molecule has 0 radical (unpaired) electrons. The molecule has 0 spiro atoms. The molecule has 2 aromatic rings. The largest absolute Gasteiger partial charge is 0.377 e. The van der Waals surface area contributed by atoms with Crippen molar-refractivity contribution in [2.45, 2.75) is 32.3 Å². The minimum atomic E-state index is 0.723. The Balaban J connectivity index is 1.49. The molecule has 1 heterocycles. The summed E-state index contributed by atoms with van der Waals surface area (Å²) in [5.41, 5.74) is 2.43. The van der Waals surface area contributed by atoms with Crippen molar-refractivity contribution in [1.82, 2.24) is 4.98 Å². The Labute approximate surface area is 115 Å². The molecule has 0 bridgehead atoms. The lowest BCUT2D eigenvalue weighted by molar-refractivity contribution is 0.117. The van der Waals surface area contributed by atoms with Crippen molar-refractivity contribution in [3.63, 3.8) is 0 Å². The highest BCUT2D eigenvalue weighted by molar-refractivity contribution is 5.13. The summed E-state index contributed by atoms with van der Waals surface area (Å²) < 4.78 is 5.66. The first kappa shape index (κ1) is 13.8. The molecule has 0 N–H and O–H groups in total. The van der Waals surface area contributed by atoms with Gasteiger partial charge in [0.05, 0.1) is 6.61 Å². The smallest absolute Gasteiger partial charge is 0.0716 e. The SMILES string of the molecule is c1ccc(COCCCCCc2ccccn2)cc1. The van der Waals surface area contributed by atoms with E-state index in [1.165, 1.54) is 24.1 Å². The fourth-order valence-electron chi connectivity index (χ4n) is 2.00. The number of aryl methyl sites for hydroxylation is 1. The predicted molar refractivity (Wildman–Crippen MR) is 77.9 cm³/mol. The van der Waals surface area contributed by atoms with E-state index in [2.05, 4.69) is 23.2 Å². The maximum atomic E-state index is 5.66. The number of hydrogen-bond donors (Lipinski definition) is 0. The van der Waals surface area contributed by atoms with E-state index in [0.29, 0.717) is 0 Å². The Morgan fingerprint density at radius 3 is 2.47 bits per heavy atom. The monoisotopic (exact) mass is 255 g/mol. The van der Waals surface area contributed by atoms with Crippen molar-refractivity contribution in [1.29, 1.82) is 0 Å². The summed E-state index contributed by atoms with van der Waals surface area (Å²) in [6, 6.07) is 16.4. The number of aromatic nitrogens is 1. The van der Waals surface area contributed by atoms with Crippen molar-refractivity contribution in [3.8, 4) is 0 Å². The Morgan fingerprint density at radius 1 is 0.842 bits per heavy atom. The fraction of sp³-hybridized carbons (Fsp3) is 0.353. The molecule has 1 aromatic heterocycles. The molecule has 0 saturated heterocycles. The number of ether oxygens (including phenoxy) is 1. The highest BCUT2D eigenvalue weighted by Gasteiger charge is 1.95. The van der Waals surface area contributed by atoms with Crippen molar-refractivity contribution >= 4 is 0 Å². The average molecular weight is 255 g/mol. The number of pyridine rings is 1. The molecule has 100 valence electrons. The van der Waals surface area contributed by atoms with Gasteiger partial charge in [0.2, 0.25) is 0 Å². The molecular formula is C17H21NO. The highest BCUT2D eigenvalue weighted by atomic mass is 16.5. The van der Waals surface area contributed by atoms with Crippen LogP contribution in [0.2, 0.25) is 0 Å². The second kappa shape index (κ2) is 8.44. The lowest BCUT2D eigenvalue weighted by atomic mass is 10.1. The van der Waals surface area contributed by atoms with Gasteiger partial charge in [0.25, 0.3) is 0 Å². The lowest BCUT2D eigenvalue weighted by Crippen LogP contribution is -1.96. The first-order valence-corrected chi connectivity index (χ1v) is 6.97. The first-order chi connectivity index (χ1) is 9.45. The van der Waals surface area contributed by atoms with Crippen LogP contribution in [0.5, 0.6) is 0 Å². The zero-order valence-corrected chi connectivity index (χ0v) is 11.3. The van der Waals surface area contributed by atoms with Gasteiger partial charge in [-0.25, -0.2) is 0 Å². The van der Waals surface area contributed by atoms with E-state index in [4.69, 9.17) is 4.74 Å². The van der Waals surface area contributed by atoms with Crippen LogP contribution >= 0.6 is 0 Å². The van der Waals surface area contributed by atoms with Gasteiger partial charge in [0, 0.05) is 18.5 Å². The molecule has 0 saturated carbocycles. The minimum absolute atomic E-state index is 0.723. The first-order valence-electron chi connectivity index (χ1n) is 6.97. The second-order valence-corrected chi connectivity index (χ2v) is 4.67. The van der Waals surface area contributed by atoms with Gasteiger partial charge in [-0.1, -0.05) is 42.8 Å². The summed E-state index contributed by atoms with van der Waals surface area (Å²) in [6.45, 7) is 1.57. The molecule has 0 aliphatic heterocycles. The van der Waals surface area contributed by atoms with E-state index in [9.17, 15) is 0 Å². The molecule has 2 heteroatoms. The Kier molecular flexibility index (Phi) is 6.11. The molecule has 19 heavy (non-hydrogen) atoms. The molecule has 2 nitrogen and oxygen atoms in total. The number of unbranched alkanes of at least 4 members (excludes halogenated alkanes) is 2. The molecule has 0 aliphatic rings. The van der Waals surface area contributed by atoms with Crippen LogP contribution in [0.4, 0.5) is 0 Å². The minimum Gasteiger partial charge on any atom is -0.377 e. The summed E-state index contributed by atoms with van der Waals surface area (Å²) in [4.78, 5) is 4.32. The fourth-order valence-corrected chi connectivity index (χ4v) is 2.00. The molecule has 2 rings (SSSR count). The lowest BCUT2D eigenvalue weighted by Gasteiger charge is -2.04. The molecule has 0 aliphatic carbocycles. The van der Waals surface area contributed by atoms with Crippen molar-refractivity contribution < 1.29 is 4.74 Å². The van der Waals surface area contributed by atoms with Gasteiger partial charge in [-0.05, 0) is 37.0 Å². The van der Waals surface area contributed by atoms with E-state index < -0.39 is 0 Å². The van der Waals surface area contributed by atoms with Crippen LogP contribution in [0.25, 0.3) is 0 Å². The predicted octanol–water partition coefficient (Wildman–Crippen LogP) is 4.01. The van der Waals surface area contributed by atoms with Gasteiger partial charge in [-0.2, -0.15) is 0 Å². The third kappa shape index (κ3) is 5.66. The Bertz CT molecular complexity index is 398. The van der Waals surface area contributed by atoms with Crippen LogP contribution in [0, 0.1) is 0 Å². The van der Waals surface area contributed by atoms with Gasteiger partial charge >= 0.3 is 0 Å². The molecular weight excluding hydrogens is 234 g/mol. The normalized spacial score (nSPS) is 10.5. The van der Waals surface area contributed by atoms with Gasteiger partial charge in [-0.3, -0.25) is 4.98 Å². The van der Waals surface area contributed by atoms with Crippen molar-refractivity contribution in [3.05, 3.63) is 66.0 Å². The van der Waals surface area contributed by atoms with Gasteiger partial charge in [0.15, 0.2) is 0 Å². The standard InChI is InChI=1S/C17H21NO/c1-3-9-16(10-4-1)15-19-14-8-2-5-11-17-12-6-7-13-18-17/h1,3-4,6-7,9-10,12-13H,2,5,8,11,14-15H2. The van der Waals surface area contributed by atoms with Crippen LogP contribution in [0.3, 0.4) is 0 Å². The molecule has 0 fully saturated rings. The van der Waals surface area contributed by atoms with Crippen LogP contribution < -0.4 is 0 Å². The van der Waals surface area contributed by atoms with E-state index >= 15 is 0 Å². The third-order valence-electron chi connectivity index (χ3n) is 3.06. The number of nitrogens with zero attached hydrogens (tertiary/aromatic N) is 1. The van der Waals surface area contributed by atoms with Crippen molar-refractivity contribution in [2.75, 3.05) is 6.61 Å². The summed E-state index contributed by atoms with van der Waals surface area (Å²) in [5, 5.41) is 0. The van der Waals surface area contributed by atoms with Crippen LogP contribution in [-0.2, 0) is 17.8 Å². The quantitative estimate of drug-likeness (QED) is 0.665. The summed E-state index contributed by atoms with van der Waals surface area (Å²) in [7, 11) is 0. The van der Waals surface area contributed by atoms with E-state index in [1.807, 2.05) is 36.5 Å². The Hall–Kier alpha value is -1.67. The van der Waals surface area contributed by atoms with Crippen LogP contribution in [0.15, 0.2) is 54.7 Å². The molecule has 0 amide bonds. The molecule has 1 aromatic carbocycles. The molecule has 0 unspecified atom stereocenters. The van der Waals surface area contributed by atoms with Crippen LogP contribution in [0.1, 0.15) is 30.5 Å². The highest BCUT2D eigenvalue weighted by Crippen LogP contribution is 2.05. The van der Waals surface area contributed by atoms with Gasteiger partial charge in [0.1, 0.15) is 0 Å². The topological polar surface area (TPSA) is 22.1 Å². The van der Waals surface area contributed by atoms with E-state index in [0.717, 1.165) is 26.1 Å². The maximum Gasteiger partial charge on any atom is 0.0716 e. The third-order valence-corrected chi connectivity index (χ3v) is 3.06. The maximum absolute atomic E-state index is 5.66. The van der Waals surface area contributed by atoms with Gasteiger partial charge < -0.3 is 4.74 Å². The summed E-state index contributed by atoms with van der Waals surface area (Å²) in [6.07, 6.45) is 6.44. The number of rotatable bonds is 8. The average Bonchev–Trinajstić information content (AvgIpc) is 2.48. The zero-order valence-electron chi connectivity index (χ0n) is 11.3. The Morgan fingerprint density at radius 2 is 1.68 bits per heavy atom. The van der Waals surface area contributed by atoms with E-state index in [1.54, 1.807) is 0 Å².